The van der Waals surface area contributed by atoms with Gasteiger partial charge in [-0.25, -0.2) is 0 Å². The number of hydrogen-bond acceptors (Lipinski definition) is 3. The summed E-state index contributed by atoms with van der Waals surface area (Å²) in [6.45, 7) is 2.14. The van der Waals surface area contributed by atoms with Crippen LogP contribution in [0.3, 0.4) is 0 Å². The molecular formula is C16H20BrNO2. The van der Waals surface area contributed by atoms with E-state index in [4.69, 9.17) is 4.74 Å². The zero-order valence-electron chi connectivity index (χ0n) is 11.9. The second-order valence-corrected chi connectivity index (χ2v) is 6.43. The zero-order valence-corrected chi connectivity index (χ0v) is 13.5. The second kappa shape index (κ2) is 6.15. The Balaban J connectivity index is 2.35. The van der Waals surface area contributed by atoms with Gasteiger partial charge in [0.15, 0.2) is 0 Å². The molecule has 1 saturated carbocycles. The van der Waals surface area contributed by atoms with Crippen molar-refractivity contribution in [2.45, 2.75) is 38.7 Å². The molecule has 2 rings (SSSR count). The Kier molecular flexibility index (Phi) is 4.72. The maximum absolute atomic E-state index is 10.8. The molecule has 1 N–H and O–H groups in total. The van der Waals surface area contributed by atoms with E-state index in [1.807, 2.05) is 18.2 Å². The lowest BCUT2D eigenvalue weighted by atomic mass is 9.78. The Morgan fingerprint density at radius 1 is 1.60 bits per heavy atom. The fourth-order valence-corrected chi connectivity index (χ4v) is 3.56. The van der Waals surface area contributed by atoms with Gasteiger partial charge in [-0.15, -0.1) is 0 Å². The Hall–Kier alpha value is -1.05. The molecule has 0 bridgehead atoms. The average molecular weight is 338 g/mol. The van der Waals surface area contributed by atoms with Crippen LogP contribution in [0, 0.1) is 22.7 Å². The van der Waals surface area contributed by atoms with Gasteiger partial charge < -0.3 is 9.84 Å². The van der Waals surface area contributed by atoms with Gasteiger partial charge in [0.05, 0.1) is 24.7 Å². The summed E-state index contributed by atoms with van der Waals surface area (Å²) in [5.41, 5.74) is 0.0675. The van der Waals surface area contributed by atoms with Crippen LogP contribution in [0.5, 0.6) is 5.75 Å². The van der Waals surface area contributed by atoms with Crippen LogP contribution in [-0.4, -0.2) is 12.2 Å². The summed E-state index contributed by atoms with van der Waals surface area (Å²) >= 11 is 3.47. The molecule has 1 aromatic rings. The topological polar surface area (TPSA) is 53.2 Å². The van der Waals surface area contributed by atoms with E-state index in [2.05, 4.69) is 28.9 Å². The quantitative estimate of drug-likeness (QED) is 0.895. The molecule has 0 amide bonds. The zero-order chi connectivity index (χ0) is 14.8. The molecule has 3 unspecified atom stereocenters. The third-order valence-corrected chi connectivity index (χ3v) is 5.19. The molecule has 20 heavy (non-hydrogen) atoms. The normalized spacial score (nSPS) is 27.1. The van der Waals surface area contributed by atoms with Crippen molar-refractivity contribution >= 4 is 15.9 Å². The van der Waals surface area contributed by atoms with E-state index >= 15 is 0 Å². The first kappa shape index (κ1) is 15.3. The van der Waals surface area contributed by atoms with Crippen molar-refractivity contribution in [1.82, 2.24) is 0 Å². The third kappa shape index (κ3) is 2.70. The van der Waals surface area contributed by atoms with Crippen LogP contribution in [0.1, 0.15) is 44.3 Å². The van der Waals surface area contributed by atoms with Crippen molar-refractivity contribution in [1.29, 1.82) is 5.26 Å². The van der Waals surface area contributed by atoms with Gasteiger partial charge in [0, 0.05) is 4.47 Å². The minimum absolute atomic E-state index is 0.536. The molecule has 3 atom stereocenters. The molecule has 1 aliphatic rings. The number of nitrogens with zero attached hydrogens (tertiary/aromatic N) is 1. The second-order valence-electron chi connectivity index (χ2n) is 5.57. The summed E-state index contributed by atoms with van der Waals surface area (Å²) in [7, 11) is 1.60. The van der Waals surface area contributed by atoms with Crippen molar-refractivity contribution in [2.24, 2.45) is 11.3 Å². The highest BCUT2D eigenvalue weighted by molar-refractivity contribution is 9.10. The summed E-state index contributed by atoms with van der Waals surface area (Å²) in [5.74, 6) is 1.23. The average Bonchev–Trinajstić information content (AvgIpc) is 2.92. The molecule has 0 saturated heterocycles. The number of aliphatic hydroxyl groups excluding tert-OH is 1. The van der Waals surface area contributed by atoms with Gasteiger partial charge in [-0.1, -0.05) is 29.3 Å². The standard InChI is InChI=1S/C16H20BrNO2/c1-3-11-6-7-16(9-11,10-18)15(19)13-8-12(20-2)4-5-14(13)17/h4-5,8,11,15,19H,3,6-7,9H2,1-2H3. The van der Waals surface area contributed by atoms with Crippen molar-refractivity contribution in [2.75, 3.05) is 7.11 Å². The van der Waals surface area contributed by atoms with Crippen LogP contribution < -0.4 is 4.74 Å². The van der Waals surface area contributed by atoms with Gasteiger partial charge >= 0.3 is 0 Å². The van der Waals surface area contributed by atoms with Gasteiger partial charge in [0.25, 0.3) is 0 Å². The predicted octanol–water partition coefficient (Wildman–Crippen LogP) is 4.21. The lowest BCUT2D eigenvalue weighted by Crippen LogP contribution is -2.25. The van der Waals surface area contributed by atoms with E-state index < -0.39 is 11.5 Å². The largest absolute Gasteiger partial charge is 0.497 e. The van der Waals surface area contributed by atoms with Crippen molar-refractivity contribution < 1.29 is 9.84 Å². The fraction of sp³-hybridized carbons (Fsp3) is 0.562. The van der Waals surface area contributed by atoms with Crippen LogP contribution in [0.25, 0.3) is 0 Å². The minimum atomic E-state index is -0.784. The molecular weight excluding hydrogens is 318 g/mol. The first-order valence-electron chi connectivity index (χ1n) is 6.99. The summed E-state index contributed by atoms with van der Waals surface area (Å²) in [6, 6.07) is 7.90. The third-order valence-electron chi connectivity index (χ3n) is 4.47. The summed E-state index contributed by atoms with van der Waals surface area (Å²) in [5, 5.41) is 20.4. The van der Waals surface area contributed by atoms with Crippen molar-refractivity contribution in [3.05, 3.63) is 28.2 Å². The first-order chi connectivity index (χ1) is 9.56. The minimum Gasteiger partial charge on any atom is -0.497 e. The van der Waals surface area contributed by atoms with Gasteiger partial charge in [0.1, 0.15) is 5.75 Å². The fourth-order valence-electron chi connectivity index (χ4n) is 3.10. The van der Waals surface area contributed by atoms with Crippen LogP contribution in [0.4, 0.5) is 0 Å². The van der Waals surface area contributed by atoms with E-state index in [1.54, 1.807) is 7.11 Å². The molecule has 0 radical (unpaired) electrons. The van der Waals surface area contributed by atoms with Gasteiger partial charge in [0.2, 0.25) is 0 Å². The lowest BCUT2D eigenvalue weighted by molar-refractivity contribution is 0.0633. The number of hydrogen-bond donors (Lipinski definition) is 1. The molecule has 1 aliphatic carbocycles. The number of halogens is 1. The molecule has 0 aliphatic heterocycles. The maximum atomic E-state index is 10.8. The van der Waals surface area contributed by atoms with E-state index in [1.165, 1.54) is 0 Å². The van der Waals surface area contributed by atoms with Gasteiger partial charge in [-0.3, -0.25) is 0 Å². The van der Waals surface area contributed by atoms with E-state index in [9.17, 15) is 10.4 Å². The van der Waals surface area contributed by atoms with Gasteiger partial charge in [-0.2, -0.15) is 5.26 Å². The number of rotatable bonds is 4. The molecule has 4 heteroatoms. The summed E-state index contributed by atoms with van der Waals surface area (Å²) in [6.07, 6.45) is 2.82. The highest BCUT2D eigenvalue weighted by Gasteiger charge is 2.45. The Morgan fingerprint density at radius 2 is 2.35 bits per heavy atom. The predicted molar refractivity (Wildman–Crippen MR) is 81.3 cm³/mol. The SMILES string of the molecule is CCC1CCC(C#N)(C(O)c2cc(OC)ccc2Br)C1. The van der Waals surface area contributed by atoms with Gasteiger partial charge in [-0.05, 0) is 48.9 Å². The lowest BCUT2D eigenvalue weighted by Gasteiger charge is -2.28. The van der Waals surface area contributed by atoms with Crippen LogP contribution in [0.15, 0.2) is 22.7 Å². The van der Waals surface area contributed by atoms with E-state index in [-0.39, 0.29) is 0 Å². The van der Waals surface area contributed by atoms with E-state index in [0.29, 0.717) is 11.7 Å². The van der Waals surface area contributed by atoms with Crippen molar-refractivity contribution in [3.8, 4) is 11.8 Å². The van der Waals surface area contributed by atoms with Crippen LogP contribution in [-0.2, 0) is 0 Å². The number of methoxy groups -OCH3 is 1. The smallest absolute Gasteiger partial charge is 0.119 e. The molecule has 0 heterocycles. The molecule has 0 aromatic heterocycles. The Bertz CT molecular complexity index is 526. The highest BCUT2D eigenvalue weighted by atomic mass is 79.9. The molecule has 108 valence electrons. The summed E-state index contributed by atoms with van der Waals surface area (Å²) < 4.78 is 6.04. The Morgan fingerprint density at radius 3 is 2.90 bits per heavy atom. The number of nitriles is 1. The van der Waals surface area contributed by atoms with E-state index in [0.717, 1.165) is 35.7 Å². The van der Waals surface area contributed by atoms with Crippen LogP contribution >= 0.6 is 15.9 Å². The molecule has 1 fully saturated rings. The number of ether oxygens (including phenoxy) is 1. The monoisotopic (exact) mass is 337 g/mol. The first-order valence-corrected chi connectivity index (χ1v) is 7.78. The molecule has 0 spiro atoms. The van der Waals surface area contributed by atoms with Crippen LogP contribution in [0.2, 0.25) is 0 Å². The van der Waals surface area contributed by atoms with Crippen molar-refractivity contribution in [3.63, 3.8) is 0 Å². The number of aliphatic hydroxyl groups is 1. The Labute approximate surface area is 128 Å². The summed E-state index contributed by atoms with van der Waals surface area (Å²) in [4.78, 5) is 0. The molecule has 3 nitrogen and oxygen atoms in total. The highest BCUT2D eigenvalue weighted by Crippen LogP contribution is 2.51. The maximum Gasteiger partial charge on any atom is 0.119 e. The number of benzene rings is 1. The molecule has 1 aromatic carbocycles.